The molecular formula is C17H24N2OS. The van der Waals surface area contributed by atoms with E-state index in [9.17, 15) is 0 Å². The Morgan fingerprint density at radius 1 is 1.29 bits per heavy atom. The van der Waals surface area contributed by atoms with E-state index in [1.807, 2.05) is 13.1 Å². The first-order valence-electron chi connectivity index (χ1n) is 7.53. The van der Waals surface area contributed by atoms with Gasteiger partial charge in [-0.05, 0) is 50.9 Å². The van der Waals surface area contributed by atoms with E-state index in [2.05, 4.69) is 48.4 Å². The third-order valence-electron chi connectivity index (χ3n) is 3.26. The number of aromatic nitrogens is 1. The minimum Gasteiger partial charge on any atom is -0.488 e. The Bertz CT molecular complexity index is 536. The summed E-state index contributed by atoms with van der Waals surface area (Å²) < 4.78 is 5.79. The van der Waals surface area contributed by atoms with Crippen molar-refractivity contribution in [3.8, 4) is 5.75 Å². The van der Waals surface area contributed by atoms with Gasteiger partial charge in [-0.2, -0.15) is 0 Å². The van der Waals surface area contributed by atoms with E-state index in [1.54, 1.807) is 11.3 Å². The van der Waals surface area contributed by atoms with Gasteiger partial charge >= 0.3 is 0 Å². The van der Waals surface area contributed by atoms with Crippen molar-refractivity contribution in [3.63, 3.8) is 0 Å². The zero-order valence-corrected chi connectivity index (χ0v) is 13.9. The molecule has 0 amide bonds. The number of hydrogen-bond donors (Lipinski definition) is 1. The molecule has 0 saturated heterocycles. The van der Waals surface area contributed by atoms with Crippen LogP contribution in [0.4, 0.5) is 0 Å². The average Bonchev–Trinajstić information content (AvgIpc) is 2.90. The summed E-state index contributed by atoms with van der Waals surface area (Å²) in [5.41, 5.74) is 1.34. The van der Waals surface area contributed by atoms with Crippen molar-refractivity contribution in [1.29, 1.82) is 0 Å². The van der Waals surface area contributed by atoms with Crippen LogP contribution in [0.15, 0.2) is 30.5 Å². The fraction of sp³-hybridized carbons (Fsp3) is 0.471. The van der Waals surface area contributed by atoms with Gasteiger partial charge in [0, 0.05) is 12.2 Å². The first-order valence-corrected chi connectivity index (χ1v) is 8.35. The van der Waals surface area contributed by atoms with Gasteiger partial charge in [-0.3, -0.25) is 0 Å². The highest BCUT2D eigenvalue weighted by atomic mass is 32.1. The van der Waals surface area contributed by atoms with Crippen LogP contribution in [0.5, 0.6) is 5.75 Å². The maximum atomic E-state index is 5.79. The molecule has 0 fully saturated rings. The summed E-state index contributed by atoms with van der Waals surface area (Å²) in [4.78, 5) is 5.39. The number of ether oxygens (including phenoxy) is 1. The molecule has 4 heteroatoms. The Hall–Kier alpha value is -1.39. The average molecular weight is 304 g/mol. The fourth-order valence-electron chi connectivity index (χ4n) is 2.16. The molecule has 0 bridgehead atoms. The van der Waals surface area contributed by atoms with Crippen LogP contribution in [0.25, 0.3) is 0 Å². The van der Waals surface area contributed by atoms with E-state index in [0.717, 1.165) is 28.6 Å². The summed E-state index contributed by atoms with van der Waals surface area (Å²) >= 11 is 1.68. The van der Waals surface area contributed by atoms with E-state index >= 15 is 0 Å². The molecule has 0 spiro atoms. The lowest BCUT2D eigenvalue weighted by atomic mass is 10.1. The predicted octanol–water partition coefficient (Wildman–Crippen LogP) is 3.96. The minimum absolute atomic E-state index is 0.511. The van der Waals surface area contributed by atoms with Crippen molar-refractivity contribution in [3.05, 3.63) is 45.9 Å². The summed E-state index contributed by atoms with van der Waals surface area (Å²) in [6, 6.07) is 8.91. The largest absolute Gasteiger partial charge is 0.488 e. The van der Waals surface area contributed by atoms with Gasteiger partial charge in [0.25, 0.3) is 0 Å². The first-order chi connectivity index (χ1) is 10.2. The van der Waals surface area contributed by atoms with Crippen molar-refractivity contribution in [2.45, 2.75) is 46.3 Å². The maximum absolute atomic E-state index is 5.79. The van der Waals surface area contributed by atoms with E-state index in [0.29, 0.717) is 12.6 Å². The Kier molecular flexibility index (Phi) is 6.21. The van der Waals surface area contributed by atoms with Crippen LogP contribution in [0.1, 0.15) is 35.7 Å². The van der Waals surface area contributed by atoms with Crippen LogP contribution in [0.2, 0.25) is 0 Å². The van der Waals surface area contributed by atoms with Gasteiger partial charge in [0.2, 0.25) is 0 Å². The summed E-state index contributed by atoms with van der Waals surface area (Å²) in [5, 5.41) is 4.59. The standard InChI is InChI=1S/C17H24N2OS/c1-4-9-18-13(2)10-15-5-7-16(8-6-15)20-12-17-11-19-14(3)21-17/h5-8,11,13,18H,4,9-10,12H2,1-3H3. The normalized spacial score (nSPS) is 12.3. The fourth-order valence-corrected chi connectivity index (χ4v) is 2.87. The van der Waals surface area contributed by atoms with Crippen LogP contribution in [-0.4, -0.2) is 17.6 Å². The van der Waals surface area contributed by atoms with Gasteiger partial charge in [0.1, 0.15) is 12.4 Å². The molecule has 0 radical (unpaired) electrons. The second-order valence-electron chi connectivity index (χ2n) is 5.34. The summed E-state index contributed by atoms with van der Waals surface area (Å²) in [6.45, 7) is 8.11. The lowest BCUT2D eigenvalue weighted by Gasteiger charge is -2.13. The smallest absolute Gasteiger partial charge is 0.124 e. The number of rotatable bonds is 8. The lowest BCUT2D eigenvalue weighted by Crippen LogP contribution is -2.28. The van der Waals surface area contributed by atoms with Gasteiger partial charge in [-0.1, -0.05) is 19.1 Å². The number of benzene rings is 1. The molecule has 0 saturated carbocycles. The van der Waals surface area contributed by atoms with Crippen molar-refractivity contribution in [1.82, 2.24) is 10.3 Å². The van der Waals surface area contributed by atoms with E-state index in [1.165, 1.54) is 12.0 Å². The maximum Gasteiger partial charge on any atom is 0.124 e. The van der Waals surface area contributed by atoms with Crippen molar-refractivity contribution in [2.24, 2.45) is 0 Å². The summed E-state index contributed by atoms with van der Waals surface area (Å²) in [5.74, 6) is 0.916. The molecule has 1 heterocycles. The highest BCUT2D eigenvalue weighted by molar-refractivity contribution is 7.11. The Labute approximate surface area is 131 Å². The van der Waals surface area contributed by atoms with E-state index in [4.69, 9.17) is 4.74 Å². The zero-order valence-electron chi connectivity index (χ0n) is 13.1. The second kappa shape index (κ2) is 8.15. The molecule has 0 aliphatic rings. The minimum atomic E-state index is 0.511. The first kappa shape index (κ1) is 16.0. The number of thiazole rings is 1. The number of nitrogens with zero attached hydrogens (tertiary/aromatic N) is 1. The monoisotopic (exact) mass is 304 g/mol. The van der Waals surface area contributed by atoms with Crippen molar-refractivity contribution >= 4 is 11.3 Å². The molecule has 1 aromatic heterocycles. The molecule has 3 nitrogen and oxygen atoms in total. The third kappa shape index (κ3) is 5.48. The molecular weight excluding hydrogens is 280 g/mol. The molecule has 1 aromatic carbocycles. The topological polar surface area (TPSA) is 34.1 Å². The number of hydrogen-bond acceptors (Lipinski definition) is 4. The quantitative estimate of drug-likeness (QED) is 0.801. The number of nitrogens with one attached hydrogen (secondary N) is 1. The molecule has 0 aliphatic heterocycles. The van der Waals surface area contributed by atoms with E-state index in [-0.39, 0.29) is 0 Å². The SMILES string of the molecule is CCCNC(C)Cc1ccc(OCc2cnc(C)s2)cc1. The highest BCUT2D eigenvalue weighted by Crippen LogP contribution is 2.17. The van der Waals surface area contributed by atoms with E-state index < -0.39 is 0 Å². The molecule has 1 unspecified atom stereocenters. The molecule has 2 aromatic rings. The summed E-state index contributed by atoms with van der Waals surface area (Å²) in [7, 11) is 0. The van der Waals surface area contributed by atoms with Crippen LogP contribution >= 0.6 is 11.3 Å². The van der Waals surface area contributed by atoms with Gasteiger partial charge < -0.3 is 10.1 Å². The van der Waals surface area contributed by atoms with Gasteiger partial charge in [-0.15, -0.1) is 11.3 Å². The Morgan fingerprint density at radius 2 is 2.05 bits per heavy atom. The van der Waals surface area contributed by atoms with Crippen LogP contribution in [-0.2, 0) is 13.0 Å². The molecule has 21 heavy (non-hydrogen) atoms. The van der Waals surface area contributed by atoms with Gasteiger partial charge in [-0.25, -0.2) is 4.98 Å². The Balaban J connectivity index is 1.81. The molecule has 114 valence electrons. The molecule has 2 rings (SSSR count). The van der Waals surface area contributed by atoms with Crippen molar-refractivity contribution in [2.75, 3.05) is 6.54 Å². The van der Waals surface area contributed by atoms with Crippen LogP contribution in [0.3, 0.4) is 0 Å². The lowest BCUT2D eigenvalue weighted by molar-refractivity contribution is 0.309. The predicted molar refractivity (Wildman–Crippen MR) is 89.1 cm³/mol. The molecule has 0 aliphatic carbocycles. The molecule has 1 atom stereocenters. The second-order valence-corrected chi connectivity index (χ2v) is 6.66. The molecule has 1 N–H and O–H groups in total. The highest BCUT2D eigenvalue weighted by Gasteiger charge is 2.03. The number of aryl methyl sites for hydroxylation is 1. The zero-order chi connectivity index (χ0) is 15.1. The van der Waals surface area contributed by atoms with Gasteiger partial charge in [0.15, 0.2) is 0 Å². The summed E-state index contributed by atoms with van der Waals surface area (Å²) in [6.07, 6.45) is 4.11. The van der Waals surface area contributed by atoms with Crippen molar-refractivity contribution < 1.29 is 4.74 Å². The van der Waals surface area contributed by atoms with Crippen LogP contribution in [0, 0.1) is 6.92 Å². The van der Waals surface area contributed by atoms with Crippen LogP contribution < -0.4 is 10.1 Å². The van der Waals surface area contributed by atoms with Gasteiger partial charge in [0.05, 0.1) is 9.88 Å². The Morgan fingerprint density at radius 3 is 2.67 bits per heavy atom. The third-order valence-corrected chi connectivity index (χ3v) is 4.14.